The molecule has 2 fully saturated rings. The molecule has 0 amide bonds. The topological polar surface area (TPSA) is 78.9 Å². The zero-order valence-electron chi connectivity index (χ0n) is 15.7. The Kier molecular flexibility index (Phi) is 6.12. The Hall–Kier alpha value is -1.65. The molecule has 1 aromatic heterocycles. The van der Waals surface area contributed by atoms with Crippen LogP contribution in [0, 0.1) is 0 Å². The number of nitrogens with zero attached hydrogens (tertiary/aromatic N) is 5. The van der Waals surface area contributed by atoms with E-state index >= 15 is 0 Å². The van der Waals surface area contributed by atoms with E-state index in [1.165, 1.54) is 16.4 Å². The van der Waals surface area contributed by atoms with E-state index in [0.29, 0.717) is 50.4 Å². The Balaban J connectivity index is 1.46. The maximum absolute atomic E-state index is 13.0. The van der Waals surface area contributed by atoms with Crippen LogP contribution in [0.5, 0.6) is 0 Å². The molecule has 0 atom stereocenters. The number of morpholine rings is 1. The Labute approximate surface area is 180 Å². The van der Waals surface area contributed by atoms with Gasteiger partial charge >= 0.3 is 0 Å². The fourth-order valence-corrected chi connectivity index (χ4v) is 5.56. The molecule has 2 aromatic rings. The van der Waals surface area contributed by atoms with E-state index in [1.54, 1.807) is 12.3 Å². The zero-order chi connectivity index (χ0) is 20.4. The van der Waals surface area contributed by atoms with Gasteiger partial charge in [-0.1, -0.05) is 23.2 Å². The largest absolute Gasteiger partial charge is 0.378 e. The molecule has 2 aliphatic rings. The molecule has 2 saturated heterocycles. The highest BCUT2D eigenvalue weighted by Crippen LogP contribution is 2.29. The number of benzene rings is 1. The quantitative estimate of drug-likeness (QED) is 0.695. The summed E-state index contributed by atoms with van der Waals surface area (Å²) in [5.74, 6) is 1.46. The van der Waals surface area contributed by atoms with Gasteiger partial charge in [0.2, 0.25) is 16.0 Å². The molecule has 1 aromatic carbocycles. The maximum atomic E-state index is 13.0. The predicted octanol–water partition coefficient (Wildman–Crippen LogP) is 2.13. The van der Waals surface area contributed by atoms with Crippen LogP contribution in [0.3, 0.4) is 0 Å². The number of sulfonamides is 1. The van der Waals surface area contributed by atoms with Crippen molar-refractivity contribution in [1.82, 2.24) is 14.3 Å². The van der Waals surface area contributed by atoms with Crippen molar-refractivity contribution in [3.05, 3.63) is 40.5 Å². The summed E-state index contributed by atoms with van der Waals surface area (Å²) in [6.07, 6.45) is 1.74. The van der Waals surface area contributed by atoms with Crippen molar-refractivity contribution in [3.63, 3.8) is 0 Å². The van der Waals surface area contributed by atoms with Crippen LogP contribution in [0.2, 0.25) is 10.0 Å². The van der Waals surface area contributed by atoms with E-state index < -0.39 is 10.0 Å². The Morgan fingerprint density at radius 3 is 2.38 bits per heavy atom. The van der Waals surface area contributed by atoms with Gasteiger partial charge in [0, 0.05) is 50.5 Å². The number of piperazine rings is 1. The minimum Gasteiger partial charge on any atom is -0.378 e. The lowest BCUT2D eigenvalue weighted by Crippen LogP contribution is -2.49. The average molecular weight is 458 g/mol. The zero-order valence-corrected chi connectivity index (χ0v) is 18.0. The highest BCUT2D eigenvalue weighted by atomic mass is 35.5. The van der Waals surface area contributed by atoms with Crippen LogP contribution in [0.25, 0.3) is 0 Å². The Morgan fingerprint density at radius 1 is 0.931 bits per heavy atom. The summed E-state index contributed by atoms with van der Waals surface area (Å²) in [4.78, 5) is 13.2. The third kappa shape index (κ3) is 4.44. The number of halogens is 2. The van der Waals surface area contributed by atoms with Gasteiger partial charge in [0.25, 0.3) is 0 Å². The lowest BCUT2D eigenvalue weighted by atomic mass is 10.3. The smallest absolute Gasteiger partial charge is 0.244 e. The molecular weight excluding hydrogens is 437 g/mol. The van der Waals surface area contributed by atoms with Crippen molar-refractivity contribution in [1.29, 1.82) is 0 Å². The molecule has 4 rings (SSSR count). The third-order valence-electron chi connectivity index (χ3n) is 5.00. The van der Waals surface area contributed by atoms with Gasteiger partial charge in [-0.2, -0.15) is 9.29 Å². The molecule has 8 nitrogen and oxygen atoms in total. The Morgan fingerprint density at radius 2 is 1.66 bits per heavy atom. The molecule has 0 spiro atoms. The van der Waals surface area contributed by atoms with E-state index in [1.807, 2.05) is 6.07 Å². The molecule has 2 aliphatic heterocycles. The number of hydrogen-bond donors (Lipinski definition) is 0. The first-order chi connectivity index (χ1) is 13.9. The van der Waals surface area contributed by atoms with E-state index in [9.17, 15) is 8.42 Å². The van der Waals surface area contributed by atoms with Gasteiger partial charge in [0.15, 0.2) is 0 Å². The standard InChI is InChI=1S/C18H21Cl2N5O3S/c19-14-1-2-15(20)16(13-14)29(26,27)25-7-5-23(6-8-25)17-3-4-21-18(22-17)24-9-11-28-12-10-24/h1-4,13H,5-12H2. The minimum atomic E-state index is -3.71. The predicted molar refractivity (Wildman–Crippen MR) is 112 cm³/mol. The molecular formula is C18H21Cl2N5O3S. The van der Waals surface area contributed by atoms with Gasteiger partial charge in [0.1, 0.15) is 10.7 Å². The van der Waals surface area contributed by atoms with Crippen molar-refractivity contribution < 1.29 is 13.2 Å². The SMILES string of the molecule is O=S(=O)(c1cc(Cl)ccc1Cl)N1CCN(c2ccnc(N3CCOCC3)n2)CC1. The van der Waals surface area contributed by atoms with Gasteiger partial charge in [-0.3, -0.25) is 0 Å². The summed E-state index contributed by atoms with van der Waals surface area (Å²) < 4.78 is 32.8. The van der Waals surface area contributed by atoms with E-state index in [4.69, 9.17) is 27.9 Å². The first-order valence-corrected chi connectivity index (χ1v) is 11.5. The molecule has 0 saturated carbocycles. The van der Waals surface area contributed by atoms with Crippen LogP contribution in [-0.2, 0) is 14.8 Å². The molecule has 0 bridgehead atoms. The second kappa shape index (κ2) is 8.61. The van der Waals surface area contributed by atoms with Crippen LogP contribution in [0.4, 0.5) is 11.8 Å². The van der Waals surface area contributed by atoms with Crippen LogP contribution >= 0.6 is 23.2 Å². The molecule has 11 heteroatoms. The molecule has 29 heavy (non-hydrogen) atoms. The van der Waals surface area contributed by atoms with Crippen molar-refractivity contribution in [2.45, 2.75) is 4.90 Å². The second-order valence-corrected chi connectivity index (χ2v) is 9.53. The summed E-state index contributed by atoms with van der Waals surface area (Å²) in [6, 6.07) is 6.32. The van der Waals surface area contributed by atoms with Gasteiger partial charge in [-0.25, -0.2) is 13.4 Å². The van der Waals surface area contributed by atoms with Crippen molar-refractivity contribution >= 4 is 45.0 Å². The van der Waals surface area contributed by atoms with Crippen LogP contribution in [-0.4, -0.2) is 75.2 Å². The molecule has 0 aliphatic carbocycles. The van der Waals surface area contributed by atoms with Crippen LogP contribution in [0.15, 0.2) is 35.4 Å². The fraction of sp³-hybridized carbons (Fsp3) is 0.444. The van der Waals surface area contributed by atoms with Gasteiger partial charge in [-0.15, -0.1) is 0 Å². The number of ether oxygens (including phenoxy) is 1. The number of rotatable bonds is 4. The average Bonchev–Trinajstić information content (AvgIpc) is 2.76. The fourth-order valence-electron chi connectivity index (χ4n) is 3.40. The van der Waals surface area contributed by atoms with Crippen molar-refractivity contribution in [3.8, 4) is 0 Å². The molecule has 156 valence electrons. The summed E-state index contributed by atoms with van der Waals surface area (Å²) in [5.41, 5.74) is 0. The lowest BCUT2D eigenvalue weighted by molar-refractivity contribution is 0.122. The molecule has 0 N–H and O–H groups in total. The van der Waals surface area contributed by atoms with Crippen molar-refractivity contribution in [2.75, 3.05) is 62.3 Å². The highest BCUT2D eigenvalue weighted by Gasteiger charge is 2.31. The van der Waals surface area contributed by atoms with E-state index in [2.05, 4.69) is 19.8 Å². The maximum Gasteiger partial charge on any atom is 0.244 e. The lowest BCUT2D eigenvalue weighted by Gasteiger charge is -2.35. The highest BCUT2D eigenvalue weighted by molar-refractivity contribution is 7.89. The second-order valence-electron chi connectivity index (χ2n) is 6.78. The van der Waals surface area contributed by atoms with Gasteiger partial charge < -0.3 is 14.5 Å². The van der Waals surface area contributed by atoms with Crippen LogP contribution < -0.4 is 9.80 Å². The summed E-state index contributed by atoms with van der Waals surface area (Å²) in [5, 5.41) is 0.506. The van der Waals surface area contributed by atoms with Crippen LogP contribution in [0.1, 0.15) is 0 Å². The van der Waals surface area contributed by atoms with Gasteiger partial charge in [-0.05, 0) is 24.3 Å². The van der Waals surface area contributed by atoms with E-state index in [-0.39, 0.29) is 9.92 Å². The number of aromatic nitrogens is 2. The molecule has 3 heterocycles. The summed E-state index contributed by atoms with van der Waals surface area (Å²) in [7, 11) is -3.71. The normalized spacial score (nSPS) is 18.8. The minimum absolute atomic E-state index is 0.0387. The summed E-state index contributed by atoms with van der Waals surface area (Å²) in [6.45, 7) is 4.57. The first-order valence-electron chi connectivity index (χ1n) is 9.31. The number of hydrogen-bond acceptors (Lipinski definition) is 7. The Bertz CT molecular complexity index is 977. The molecule has 0 radical (unpaired) electrons. The summed E-state index contributed by atoms with van der Waals surface area (Å²) >= 11 is 12.1. The number of anilines is 2. The monoisotopic (exact) mass is 457 g/mol. The molecule has 0 unspecified atom stereocenters. The van der Waals surface area contributed by atoms with E-state index in [0.717, 1.165) is 18.9 Å². The third-order valence-corrected chi connectivity index (χ3v) is 7.61. The van der Waals surface area contributed by atoms with Crippen molar-refractivity contribution in [2.24, 2.45) is 0 Å². The van der Waals surface area contributed by atoms with Gasteiger partial charge in [0.05, 0.1) is 18.2 Å². The first kappa shape index (κ1) is 20.6.